The minimum atomic E-state index is -0.593. The van der Waals surface area contributed by atoms with E-state index in [9.17, 15) is 4.39 Å². The lowest BCUT2D eigenvalue weighted by molar-refractivity contribution is 0.344. The number of hydrogen-bond donors (Lipinski definition) is 1. The highest BCUT2D eigenvalue weighted by molar-refractivity contribution is 6.32. The van der Waals surface area contributed by atoms with E-state index < -0.39 is 11.4 Å². The van der Waals surface area contributed by atoms with Gasteiger partial charge >= 0.3 is 0 Å². The summed E-state index contributed by atoms with van der Waals surface area (Å²) in [4.78, 5) is 0. The maximum atomic E-state index is 14.0. The molecular weight excluding hydrogens is 233 g/mol. The predicted molar refractivity (Wildman–Crippen MR) is 59.6 cm³/mol. The zero-order valence-electron chi connectivity index (χ0n) is 9.14. The van der Waals surface area contributed by atoms with Crippen LogP contribution in [-0.4, -0.2) is 14.2 Å². The minimum Gasteiger partial charge on any atom is -0.493 e. The van der Waals surface area contributed by atoms with Crippen LogP contribution in [0.5, 0.6) is 11.5 Å². The van der Waals surface area contributed by atoms with Crippen molar-refractivity contribution in [2.75, 3.05) is 14.2 Å². The van der Waals surface area contributed by atoms with E-state index in [1.165, 1.54) is 14.2 Å². The molecule has 3 nitrogen and oxygen atoms in total. The molecule has 5 heteroatoms. The first kappa shape index (κ1) is 11.5. The number of rotatable bonds is 3. The molecule has 1 fully saturated rings. The van der Waals surface area contributed by atoms with Crippen LogP contribution in [0.25, 0.3) is 0 Å². The maximum Gasteiger partial charge on any atom is 0.208 e. The molecule has 1 aliphatic carbocycles. The number of benzene rings is 1. The summed E-state index contributed by atoms with van der Waals surface area (Å²) in [7, 11) is 2.76. The topological polar surface area (TPSA) is 44.5 Å². The summed E-state index contributed by atoms with van der Waals surface area (Å²) in [5.74, 6) is -0.475. The van der Waals surface area contributed by atoms with Gasteiger partial charge in [-0.2, -0.15) is 4.39 Å². The summed E-state index contributed by atoms with van der Waals surface area (Å²) in [6, 6.07) is 1.62. The molecule has 1 aromatic rings. The molecule has 0 unspecified atom stereocenters. The second-order valence-electron chi connectivity index (χ2n) is 3.94. The molecule has 0 spiro atoms. The normalized spacial score (nSPS) is 17.1. The van der Waals surface area contributed by atoms with Crippen LogP contribution in [-0.2, 0) is 5.54 Å². The monoisotopic (exact) mass is 245 g/mol. The summed E-state index contributed by atoms with van der Waals surface area (Å²) in [6.07, 6.45) is 1.62. The van der Waals surface area contributed by atoms with Gasteiger partial charge in [0.2, 0.25) is 5.82 Å². The molecule has 0 atom stereocenters. The van der Waals surface area contributed by atoms with Crippen molar-refractivity contribution >= 4 is 11.6 Å². The van der Waals surface area contributed by atoms with Crippen LogP contribution in [0.4, 0.5) is 4.39 Å². The van der Waals surface area contributed by atoms with Crippen molar-refractivity contribution < 1.29 is 13.9 Å². The van der Waals surface area contributed by atoms with Crippen LogP contribution in [0, 0.1) is 5.82 Å². The number of ether oxygens (including phenoxy) is 2. The summed E-state index contributed by atoms with van der Waals surface area (Å²) in [5, 5.41) is 0.215. The molecule has 0 heterocycles. The van der Waals surface area contributed by atoms with Crippen molar-refractivity contribution in [1.29, 1.82) is 0 Å². The Hall–Kier alpha value is -1.00. The lowest BCUT2D eigenvalue weighted by Gasteiger charge is -2.17. The second kappa shape index (κ2) is 3.79. The third-order valence-corrected chi connectivity index (χ3v) is 3.15. The SMILES string of the molecule is COc1c(Cl)cc(C2(N)CC2)c(OC)c1F. The maximum absolute atomic E-state index is 14.0. The van der Waals surface area contributed by atoms with Gasteiger partial charge in [0.05, 0.1) is 19.2 Å². The van der Waals surface area contributed by atoms with Gasteiger partial charge in [0.15, 0.2) is 11.5 Å². The fourth-order valence-corrected chi connectivity index (χ4v) is 2.01. The third kappa shape index (κ3) is 1.62. The second-order valence-corrected chi connectivity index (χ2v) is 4.35. The Morgan fingerprint density at radius 1 is 1.31 bits per heavy atom. The molecule has 1 aromatic carbocycles. The molecular formula is C11H13ClFNO2. The molecule has 2 rings (SSSR count). The van der Waals surface area contributed by atoms with Crippen LogP contribution in [0.1, 0.15) is 18.4 Å². The molecule has 0 radical (unpaired) electrons. The van der Waals surface area contributed by atoms with E-state index in [1.54, 1.807) is 6.07 Å². The number of methoxy groups -OCH3 is 2. The smallest absolute Gasteiger partial charge is 0.208 e. The minimum absolute atomic E-state index is 0.00785. The largest absolute Gasteiger partial charge is 0.493 e. The van der Waals surface area contributed by atoms with Gasteiger partial charge in [0.25, 0.3) is 0 Å². The highest BCUT2D eigenvalue weighted by Crippen LogP contribution is 2.50. The van der Waals surface area contributed by atoms with Crippen molar-refractivity contribution in [3.05, 3.63) is 22.5 Å². The van der Waals surface area contributed by atoms with E-state index in [0.717, 1.165) is 12.8 Å². The summed E-state index contributed by atoms with van der Waals surface area (Å²) in [6.45, 7) is 0. The fourth-order valence-electron chi connectivity index (χ4n) is 1.74. The van der Waals surface area contributed by atoms with Gasteiger partial charge < -0.3 is 15.2 Å². The highest BCUT2D eigenvalue weighted by Gasteiger charge is 2.43. The Morgan fingerprint density at radius 3 is 2.31 bits per heavy atom. The van der Waals surface area contributed by atoms with Gasteiger partial charge in [0, 0.05) is 11.1 Å². The Morgan fingerprint density at radius 2 is 1.88 bits per heavy atom. The number of nitrogens with two attached hydrogens (primary N) is 1. The van der Waals surface area contributed by atoms with E-state index in [0.29, 0.717) is 5.56 Å². The molecule has 2 N–H and O–H groups in total. The van der Waals surface area contributed by atoms with E-state index in [2.05, 4.69) is 0 Å². The highest BCUT2D eigenvalue weighted by atomic mass is 35.5. The molecule has 0 aliphatic heterocycles. The lowest BCUT2D eigenvalue weighted by Crippen LogP contribution is -2.20. The van der Waals surface area contributed by atoms with Crippen molar-refractivity contribution in [1.82, 2.24) is 0 Å². The van der Waals surface area contributed by atoms with Crippen LogP contribution >= 0.6 is 11.6 Å². The van der Waals surface area contributed by atoms with Crippen molar-refractivity contribution in [2.24, 2.45) is 5.73 Å². The Labute approximate surface area is 98.3 Å². The standard InChI is InChI=1S/C11H13ClFNO2/c1-15-9-6(11(14)3-4-11)5-7(12)10(16-2)8(9)13/h5H,3-4,14H2,1-2H3. The van der Waals surface area contributed by atoms with Crippen LogP contribution in [0.15, 0.2) is 6.07 Å². The molecule has 88 valence electrons. The van der Waals surface area contributed by atoms with Crippen molar-refractivity contribution in [2.45, 2.75) is 18.4 Å². The predicted octanol–water partition coefficient (Wildman–Crippen LogP) is 2.44. The first-order valence-corrected chi connectivity index (χ1v) is 5.30. The van der Waals surface area contributed by atoms with Crippen LogP contribution in [0.3, 0.4) is 0 Å². The quantitative estimate of drug-likeness (QED) is 0.890. The Bertz CT molecular complexity index is 432. The average molecular weight is 246 g/mol. The molecule has 0 saturated heterocycles. The number of halogens is 2. The van der Waals surface area contributed by atoms with Gasteiger partial charge in [-0.05, 0) is 18.9 Å². The van der Waals surface area contributed by atoms with Gasteiger partial charge in [-0.1, -0.05) is 11.6 Å². The van der Waals surface area contributed by atoms with Crippen molar-refractivity contribution in [3.63, 3.8) is 0 Å². The molecule has 0 bridgehead atoms. The summed E-state index contributed by atoms with van der Waals surface area (Å²) in [5.41, 5.74) is 6.14. The summed E-state index contributed by atoms with van der Waals surface area (Å²) < 4.78 is 23.9. The van der Waals surface area contributed by atoms with Gasteiger partial charge in [-0.15, -0.1) is 0 Å². The van der Waals surface area contributed by atoms with E-state index >= 15 is 0 Å². The molecule has 1 saturated carbocycles. The van der Waals surface area contributed by atoms with Crippen LogP contribution in [0.2, 0.25) is 5.02 Å². The average Bonchev–Trinajstić information content (AvgIpc) is 2.98. The van der Waals surface area contributed by atoms with Gasteiger partial charge in [0.1, 0.15) is 0 Å². The number of hydrogen-bond acceptors (Lipinski definition) is 3. The van der Waals surface area contributed by atoms with Crippen LogP contribution < -0.4 is 15.2 Å². The van der Waals surface area contributed by atoms with E-state index in [4.69, 9.17) is 26.8 Å². The van der Waals surface area contributed by atoms with Crippen molar-refractivity contribution in [3.8, 4) is 11.5 Å². The first-order chi connectivity index (χ1) is 7.53. The molecule has 0 aromatic heterocycles. The Balaban J connectivity index is 2.62. The fraction of sp³-hybridized carbons (Fsp3) is 0.455. The molecule has 0 amide bonds. The summed E-state index contributed by atoms with van der Waals surface area (Å²) >= 11 is 5.92. The first-order valence-electron chi connectivity index (χ1n) is 4.93. The lowest BCUT2D eigenvalue weighted by atomic mass is 10.0. The molecule has 1 aliphatic rings. The zero-order chi connectivity index (χ0) is 11.9. The zero-order valence-corrected chi connectivity index (χ0v) is 9.90. The van der Waals surface area contributed by atoms with E-state index in [1.807, 2.05) is 0 Å². The Kier molecular flexibility index (Phi) is 2.72. The van der Waals surface area contributed by atoms with Gasteiger partial charge in [-0.25, -0.2) is 0 Å². The molecule has 16 heavy (non-hydrogen) atoms. The van der Waals surface area contributed by atoms with E-state index in [-0.39, 0.29) is 16.5 Å². The van der Waals surface area contributed by atoms with Gasteiger partial charge in [-0.3, -0.25) is 0 Å². The third-order valence-electron chi connectivity index (χ3n) is 2.86.